The maximum Gasteiger partial charge on any atom is 0.237 e. The van der Waals surface area contributed by atoms with Crippen LogP contribution in [0.25, 0.3) is 0 Å². The lowest BCUT2D eigenvalue weighted by molar-refractivity contribution is -0.139. The summed E-state index contributed by atoms with van der Waals surface area (Å²) < 4.78 is 6.02. The van der Waals surface area contributed by atoms with Crippen molar-refractivity contribution in [3.63, 3.8) is 0 Å². The average Bonchev–Trinajstić information content (AvgIpc) is 3.15. The molecule has 0 spiro atoms. The van der Waals surface area contributed by atoms with Gasteiger partial charge >= 0.3 is 0 Å². The molecule has 0 atom stereocenters. The molecule has 1 aromatic rings. The lowest BCUT2D eigenvalue weighted by atomic mass is 9.93. The maximum atomic E-state index is 12.7. The molecule has 2 aliphatic heterocycles. The van der Waals surface area contributed by atoms with Crippen molar-refractivity contribution in [1.29, 1.82) is 0 Å². The van der Waals surface area contributed by atoms with Gasteiger partial charge in [0, 0.05) is 44.2 Å². The Bertz CT molecular complexity index is 717. The zero-order chi connectivity index (χ0) is 20.1. The van der Waals surface area contributed by atoms with Gasteiger partial charge in [-0.05, 0) is 25.3 Å². The number of rotatable bonds is 7. The molecule has 1 saturated carbocycles. The van der Waals surface area contributed by atoms with Crippen molar-refractivity contribution < 1.29 is 14.3 Å². The zero-order valence-corrected chi connectivity index (χ0v) is 17.4. The number of hydrogen-bond acceptors (Lipinski definition) is 4. The molecule has 29 heavy (non-hydrogen) atoms. The van der Waals surface area contributed by atoms with Crippen LogP contribution in [0.15, 0.2) is 24.3 Å². The second kappa shape index (κ2) is 9.61. The fraction of sp³-hybridized carbons (Fsp3) is 0.652. The molecule has 6 nitrogen and oxygen atoms in total. The van der Waals surface area contributed by atoms with Crippen molar-refractivity contribution in [2.45, 2.75) is 57.5 Å². The van der Waals surface area contributed by atoms with Crippen molar-refractivity contribution >= 4 is 11.8 Å². The average molecular weight is 400 g/mol. The number of piperazine rings is 1. The van der Waals surface area contributed by atoms with Crippen molar-refractivity contribution in [3.8, 4) is 5.75 Å². The fourth-order valence-corrected chi connectivity index (χ4v) is 4.87. The highest BCUT2D eigenvalue weighted by Gasteiger charge is 2.30. The Hall–Kier alpha value is -2.08. The third kappa shape index (κ3) is 5.10. The normalized spacial score (nSPS) is 21.8. The Balaban J connectivity index is 1.29. The first-order valence-electron chi connectivity index (χ1n) is 11.2. The van der Waals surface area contributed by atoms with E-state index in [0.717, 1.165) is 43.9 Å². The smallest absolute Gasteiger partial charge is 0.237 e. The summed E-state index contributed by atoms with van der Waals surface area (Å²) >= 11 is 0. The Morgan fingerprint density at radius 2 is 1.76 bits per heavy atom. The molecule has 0 N–H and O–H groups in total. The molecular weight excluding hydrogens is 366 g/mol. The van der Waals surface area contributed by atoms with E-state index in [9.17, 15) is 9.59 Å². The molecule has 3 aliphatic rings. The topological polar surface area (TPSA) is 53.1 Å². The van der Waals surface area contributed by atoms with E-state index >= 15 is 0 Å². The van der Waals surface area contributed by atoms with Crippen LogP contribution in [0.4, 0.5) is 0 Å². The molecule has 1 aromatic carbocycles. The predicted molar refractivity (Wildman–Crippen MR) is 112 cm³/mol. The van der Waals surface area contributed by atoms with E-state index in [1.807, 2.05) is 23.1 Å². The van der Waals surface area contributed by atoms with Crippen molar-refractivity contribution in [1.82, 2.24) is 14.7 Å². The summed E-state index contributed by atoms with van der Waals surface area (Å²) in [6, 6.07) is 8.52. The van der Waals surface area contributed by atoms with Gasteiger partial charge in [-0.15, -0.1) is 0 Å². The second-order valence-corrected chi connectivity index (χ2v) is 8.53. The van der Waals surface area contributed by atoms with Crippen LogP contribution in [0.5, 0.6) is 5.75 Å². The minimum atomic E-state index is 0.233. The van der Waals surface area contributed by atoms with Gasteiger partial charge in [-0.1, -0.05) is 37.5 Å². The van der Waals surface area contributed by atoms with E-state index in [1.165, 1.54) is 32.1 Å². The van der Waals surface area contributed by atoms with E-state index in [1.54, 1.807) is 0 Å². The van der Waals surface area contributed by atoms with Crippen molar-refractivity contribution in [2.24, 2.45) is 0 Å². The molecule has 6 heteroatoms. The maximum absolute atomic E-state index is 12.7. The first-order chi connectivity index (χ1) is 14.2. The standard InChI is InChI=1S/C23H33N3O3/c27-22-11-6-12-25(22)15-16-29-21-10-5-4-7-19(21)17-24-13-14-26(23(28)18-24)20-8-2-1-3-9-20/h4-5,7,10,20H,1-3,6,8-9,11-18H2. The molecule has 2 heterocycles. The third-order valence-electron chi connectivity index (χ3n) is 6.51. The van der Waals surface area contributed by atoms with E-state index in [0.29, 0.717) is 32.2 Å². The summed E-state index contributed by atoms with van der Waals surface area (Å²) in [5, 5.41) is 0. The van der Waals surface area contributed by atoms with Gasteiger partial charge in [-0.2, -0.15) is 0 Å². The Kier molecular flexibility index (Phi) is 6.70. The Morgan fingerprint density at radius 3 is 2.52 bits per heavy atom. The van der Waals surface area contributed by atoms with Gasteiger partial charge in [0.2, 0.25) is 11.8 Å². The van der Waals surface area contributed by atoms with Crippen LogP contribution in [0.1, 0.15) is 50.5 Å². The van der Waals surface area contributed by atoms with Gasteiger partial charge in [0.05, 0.1) is 13.1 Å². The lowest BCUT2D eigenvalue weighted by Crippen LogP contribution is -2.54. The van der Waals surface area contributed by atoms with Crippen LogP contribution in [-0.4, -0.2) is 71.9 Å². The summed E-state index contributed by atoms with van der Waals surface area (Å²) in [6.45, 7) is 4.97. The van der Waals surface area contributed by atoms with Gasteiger partial charge in [0.25, 0.3) is 0 Å². The molecule has 0 bridgehead atoms. The largest absolute Gasteiger partial charge is 0.491 e. The molecule has 2 saturated heterocycles. The van der Waals surface area contributed by atoms with Crippen LogP contribution >= 0.6 is 0 Å². The second-order valence-electron chi connectivity index (χ2n) is 8.53. The van der Waals surface area contributed by atoms with Gasteiger partial charge in [0.1, 0.15) is 12.4 Å². The van der Waals surface area contributed by atoms with Crippen LogP contribution in [0.2, 0.25) is 0 Å². The molecule has 2 amide bonds. The molecule has 0 unspecified atom stereocenters. The van der Waals surface area contributed by atoms with Crippen molar-refractivity contribution in [2.75, 3.05) is 39.3 Å². The summed E-state index contributed by atoms with van der Waals surface area (Å²) in [7, 11) is 0. The molecule has 4 rings (SSSR count). The minimum Gasteiger partial charge on any atom is -0.491 e. The first-order valence-corrected chi connectivity index (χ1v) is 11.2. The number of hydrogen-bond donors (Lipinski definition) is 0. The molecule has 1 aliphatic carbocycles. The van der Waals surface area contributed by atoms with Gasteiger partial charge < -0.3 is 14.5 Å². The van der Waals surface area contributed by atoms with E-state index < -0.39 is 0 Å². The molecule has 3 fully saturated rings. The van der Waals surface area contributed by atoms with Gasteiger partial charge in [-0.25, -0.2) is 0 Å². The number of benzene rings is 1. The minimum absolute atomic E-state index is 0.233. The summed E-state index contributed by atoms with van der Waals surface area (Å²) in [4.78, 5) is 30.7. The van der Waals surface area contributed by atoms with E-state index in [4.69, 9.17) is 4.74 Å². The van der Waals surface area contributed by atoms with Crippen LogP contribution in [-0.2, 0) is 16.1 Å². The van der Waals surface area contributed by atoms with Gasteiger partial charge in [0.15, 0.2) is 0 Å². The number of nitrogens with zero attached hydrogens (tertiary/aromatic N) is 3. The Labute approximate surface area is 173 Å². The zero-order valence-electron chi connectivity index (χ0n) is 17.4. The summed E-state index contributed by atoms with van der Waals surface area (Å²) in [6.07, 6.45) is 7.78. The SMILES string of the molecule is O=C1CCCN1CCOc1ccccc1CN1CCN(C2CCCCC2)C(=O)C1. The van der Waals surface area contributed by atoms with Crippen molar-refractivity contribution in [3.05, 3.63) is 29.8 Å². The molecule has 0 aromatic heterocycles. The lowest BCUT2D eigenvalue weighted by Gasteiger charge is -2.40. The highest BCUT2D eigenvalue weighted by Crippen LogP contribution is 2.25. The van der Waals surface area contributed by atoms with Crippen LogP contribution in [0.3, 0.4) is 0 Å². The third-order valence-corrected chi connectivity index (χ3v) is 6.51. The number of carbonyl (C=O) groups excluding carboxylic acids is 2. The Morgan fingerprint density at radius 1 is 0.931 bits per heavy atom. The number of amides is 2. The molecule has 0 radical (unpaired) electrons. The number of likely N-dealkylation sites (tertiary alicyclic amines) is 1. The summed E-state index contributed by atoms with van der Waals surface area (Å²) in [5.41, 5.74) is 1.11. The monoisotopic (exact) mass is 399 g/mol. The number of carbonyl (C=O) groups is 2. The summed E-state index contributed by atoms with van der Waals surface area (Å²) in [5.74, 6) is 1.37. The quantitative estimate of drug-likeness (QED) is 0.707. The van der Waals surface area contributed by atoms with Crippen LogP contribution < -0.4 is 4.74 Å². The highest BCUT2D eigenvalue weighted by molar-refractivity contribution is 5.79. The fourth-order valence-electron chi connectivity index (χ4n) is 4.87. The highest BCUT2D eigenvalue weighted by atomic mass is 16.5. The first kappa shape index (κ1) is 20.2. The van der Waals surface area contributed by atoms with Gasteiger partial charge in [-0.3, -0.25) is 14.5 Å². The van der Waals surface area contributed by atoms with E-state index in [2.05, 4.69) is 15.9 Å². The molecule has 158 valence electrons. The number of para-hydroxylation sites is 1. The molecular formula is C23H33N3O3. The van der Waals surface area contributed by atoms with Crippen LogP contribution in [0, 0.1) is 0 Å². The predicted octanol–water partition coefficient (Wildman–Crippen LogP) is 2.66. The number of ether oxygens (including phenoxy) is 1. The van der Waals surface area contributed by atoms with E-state index in [-0.39, 0.29) is 11.8 Å².